The molecule has 0 saturated carbocycles. The topological polar surface area (TPSA) is 63.5 Å². The Kier molecular flexibility index (Phi) is 2.45. The molecule has 0 atom stereocenters. The Balaban J connectivity index is 2.38. The van der Waals surface area contributed by atoms with Crippen LogP contribution in [0.3, 0.4) is 0 Å². The summed E-state index contributed by atoms with van der Waals surface area (Å²) in [4.78, 5) is 0. The molecule has 0 aliphatic carbocycles. The molecule has 2 rings (SSSR count). The molecule has 1 heterocycles. The number of anilines is 1. The standard InChI is InChI=1S/C7H7Cl2N5/c8-5-1-4-3-14(12-10)13-11-7(4)2-6(5)9/h1-2,10-11,13H,3H2. The second-order valence-corrected chi connectivity index (χ2v) is 3.63. The molecule has 0 unspecified atom stereocenters. The van der Waals surface area contributed by atoms with Gasteiger partial charge in [-0.15, -0.1) is 5.53 Å². The number of hydrogen-bond donors (Lipinski definition) is 3. The van der Waals surface area contributed by atoms with Gasteiger partial charge in [0, 0.05) is 5.56 Å². The molecule has 0 aromatic heterocycles. The van der Waals surface area contributed by atoms with E-state index in [1.807, 2.05) is 0 Å². The number of nitrogens with one attached hydrogen (secondary N) is 3. The number of fused-ring (bicyclic) bond motifs is 1. The molecule has 1 aromatic rings. The molecule has 0 fully saturated rings. The molecule has 0 spiro atoms. The smallest absolute Gasteiger partial charge is 0.0840 e. The summed E-state index contributed by atoms with van der Waals surface area (Å²) in [7, 11) is 0. The summed E-state index contributed by atoms with van der Waals surface area (Å²) >= 11 is 11.7. The minimum Gasteiger partial charge on any atom is -0.302 e. The van der Waals surface area contributed by atoms with E-state index in [9.17, 15) is 0 Å². The van der Waals surface area contributed by atoms with Crippen molar-refractivity contribution in [3.8, 4) is 0 Å². The Morgan fingerprint density at radius 2 is 2.07 bits per heavy atom. The number of nitrogens with zero attached hydrogens (tertiary/aromatic N) is 2. The summed E-state index contributed by atoms with van der Waals surface area (Å²) in [6.45, 7) is 0.475. The quantitative estimate of drug-likeness (QED) is 0.652. The van der Waals surface area contributed by atoms with Gasteiger partial charge in [-0.3, -0.25) is 0 Å². The second-order valence-electron chi connectivity index (χ2n) is 2.82. The van der Waals surface area contributed by atoms with Gasteiger partial charge in [-0.25, -0.2) is 0 Å². The van der Waals surface area contributed by atoms with Crippen LogP contribution in [0.1, 0.15) is 5.56 Å². The predicted molar refractivity (Wildman–Crippen MR) is 53.9 cm³/mol. The van der Waals surface area contributed by atoms with Crippen molar-refractivity contribution in [1.82, 2.24) is 10.7 Å². The third-order valence-electron chi connectivity index (χ3n) is 1.91. The van der Waals surface area contributed by atoms with Gasteiger partial charge in [-0.05, 0) is 12.1 Å². The highest BCUT2D eigenvalue weighted by atomic mass is 35.5. The lowest BCUT2D eigenvalue weighted by atomic mass is 10.1. The molecule has 0 saturated heterocycles. The number of hydrazine groups is 2. The van der Waals surface area contributed by atoms with E-state index >= 15 is 0 Å². The Labute approximate surface area is 90.4 Å². The van der Waals surface area contributed by atoms with Gasteiger partial charge in [0.1, 0.15) is 0 Å². The van der Waals surface area contributed by atoms with Crippen molar-refractivity contribution in [2.24, 2.45) is 5.22 Å². The maximum absolute atomic E-state index is 6.82. The lowest BCUT2D eigenvalue weighted by Crippen LogP contribution is -2.41. The van der Waals surface area contributed by atoms with Gasteiger partial charge in [0.15, 0.2) is 0 Å². The highest BCUT2D eigenvalue weighted by molar-refractivity contribution is 6.42. The monoisotopic (exact) mass is 231 g/mol. The molecule has 1 aliphatic rings. The van der Waals surface area contributed by atoms with Crippen LogP contribution in [0.15, 0.2) is 17.4 Å². The number of hydrogen-bond acceptors (Lipinski definition) is 4. The van der Waals surface area contributed by atoms with E-state index in [2.05, 4.69) is 16.2 Å². The third-order valence-corrected chi connectivity index (χ3v) is 2.63. The van der Waals surface area contributed by atoms with Gasteiger partial charge in [0.05, 0.1) is 22.3 Å². The van der Waals surface area contributed by atoms with Crippen LogP contribution in [0.4, 0.5) is 5.69 Å². The summed E-state index contributed by atoms with van der Waals surface area (Å²) in [6, 6.07) is 3.48. The summed E-state index contributed by atoms with van der Waals surface area (Å²) in [5.41, 5.74) is 14.2. The second kappa shape index (κ2) is 3.61. The third kappa shape index (κ3) is 1.61. The van der Waals surface area contributed by atoms with Crippen molar-refractivity contribution in [1.29, 1.82) is 5.53 Å². The average molecular weight is 232 g/mol. The first kappa shape index (κ1) is 9.51. The lowest BCUT2D eigenvalue weighted by molar-refractivity contribution is 0.174. The van der Waals surface area contributed by atoms with Crippen LogP contribution in [0, 0.1) is 5.53 Å². The van der Waals surface area contributed by atoms with Crippen molar-refractivity contribution in [2.75, 3.05) is 5.43 Å². The number of benzene rings is 1. The first-order valence-electron chi connectivity index (χ1n) is 3.85. The van der Waals surface area contributed by atoms with Crippen molar-refractivity contribution < 1.29 is 0 Å². The van der Waals surface area contributed by atoms with Crippen LogP contribution in [-0.2, 0) is 6.54 Å². The molecule has 0 amide bonds. The SMILES string of the molecule is N=NN1Cc2cc(Cl)c(Cl)cc2NN1. The summed E-state index contributed by atoms with van der Waals surface area (Å²) in [5.74, 6) is 0. The molecule has 5 nitrogen and oxygen atoms in total. The van der Waals surface area contributed by atoms with Gasteiger partial charge >= 0.3 is 0 Å². The van der Waals surface area contributed by atoms with Crippen LogP contribution in [0.5, 0.6) is 0 Å². The largest absolute Gasteiger partial charge is 0.302 e. The molecule has 0 radical (unpaired) electrons. The summed E-state index contributed by atoms with van der Waals surface area (Å²) in [5, 5.41) is 5.57. The van der Waals surface area contributed by atoms with Crippen molar-refractivity contribution in [3.05, 3.63) is 27.7 Å². The van der Waals surface area contributed by atoms with Crippen LogP contribution >= 0.6 is 23.2 Å². The average Bonchev–Trinajstić information content (AvgIpc) is 2.19. The molecule has 1 aliphatic heterocycles. The van der Waals surface area contributed by atoms with E-state index < -0.39 is 0 Å². The van der Waals surface area contributed by atoms with Crippen LogP contribution in [-0.4, -0.2) is 5.12 Å². The van der Waals surface area contributed by atoms with Gasteiger partial charge in [-0.1, -0.05) is 28.4 Å². The maximum Gasteiger partial charge on any atom is 0.0840 e. The first-order valence-corrected chi connectivity index (χ1v) is 4.61. The number of halogens is 2. The van der Waals surface area contributed by atoms with E-state index in [1.54, 1.807) is 12.1 Å². The molecule has 1 aromatic carbocycles. The molecule has 7 heteroatoms. The highest BCUT2D eigenvalue weighted by Crippen LogP contribution is 2.30. The van der Waals surface area contributed by atoms with Crippen LogP contribution < -0.4 is 11.0 Å². The fourth-order valence-corrected chi connectivity index (χ4v) is 1.57. The van der Waals surface area contributed by atoms with Crippen LogP contribution in [0.25, 0.3) is 0 Å². The highest BCUT2D eigenvalue weighted by Gasteiger charge is 2.15. The van der Waals surface area contributed by atoms with E-state index in [0.717, 1.165) is 11.3 Å². The fourth-order valence-electron chi connectivity index (χ4n) is 1.22. The Bertz CT molecular complexity index is 381. The van der Waals surface area contributed by atoms with E-state index in [4.69, 9.17) is 28.7 Å². The normalized spacial score (nSPS) is 14.6. The van der Waals surface area contributed by atoms with Gasteiger partial charge in [-0.2, -0.15) is 10.6 Å². The maximum atomic E-state index is 6.82. The zero-order valence-corrected chi connectivity index (χ0v) is 8.52. The van der Waals surface area contributed by atoms with Crippen LogP contribution in [0.2, 0.25) is 10.0 Å². The summed E-state index contributed by atoms with van der Waals surface area (Å²) in [6.07, 6.45) is 0. The van der Waals surface area contributed by atoms with E-state index in [1.165, 1.54) is 5.12 Å². The Morgan fingerprint density at radius 1 is 1.36 bits per heavy atom. The minimum absolute atomic E-state index is 0.475. The molecule has 14 heavy (non-hydrogen) atoms. The predicted octanol–water partition coefficient (Wildman–Crippen LogP) is 2.59. The van der Waals surface area contributed by atoms with Crippen molar-refractivity contribution in [3.63, 3.8) is 0 Å². The minimum atomic E-state index is 0.475. The fraction of sp³-hybridized carbons (Fsp3) is 0.143. The van der Waals surface area contributed by atoms with Gasteiger partial charge in [0.2, 0.25) is 0 Å². The summed E-state index contributed by atoms with van der Waals surface area (Å²) < 4.78 is 0. The number of rotatable bonds is 1. The Morgan fingerprint density at radius 3 is 2.79 bits per heavy atom. The van der Waals surface area contributed by atoms with Crippen molar-refractivity contribution in [2.45, 2.75) is 6.54 Å². The molecular weight excluding hydrogens is 225 g/mol. The van der Waals surface area contributed by atoms with Gasteiger partial charge < -0.3 is 5.43 Å². The van der Waals surface area contributed by atoms with Gasteiger partial charge in [0.25, 0.3) is 0 Å². The molecule has 74 valence electrons. The zero-order valence-electron chi connectivity index (χ0n) is 7.01. The first-order chi connectivity index (χ1) is 6.70. The van der Waals surface area contributed by atoms with Crippen molar-refractivity contribution >= 4 is 28.9 Å². The lowest BCUT2D eigenvalue weighted by Gasteiger charge is -2.26. The zero-order chi connectivity index (χ0) is 10.1. The molecular formula is C7H7Cl2N5. The molecule has 0 bridgehead atoms. The Hall–Kier alpha value is -1.04. The van der Waals surface area contributed by atoms with E-state index in [0.29, 0.717) is 16.6 Å². The van der Waals surface area contributed by atoms with E-state index in [-0.39, 0.29) is 0 Å². The molecule has 3 N–H and O–H groups in total.